The second-order valence-corrected chi connectivity index (χ2v) is 13.0. The highest BCUT2D eigenvalue weighted by Crippen LogP contribution is 2.30. The lowest BCUT2D eigenvalue weighted by atomic mass is 10.1. The van der Waals surface area contributed by atoms with E-state index in [0.29, 0.717) is 35.9 Å². The van der Waals surface area contributed by atoms with Crippen molar-refractivity contribution in [2.45, 2.75) is 12.8 Å². The van der Waals surface area contributed by atoms with E-state index in [4.69, 9.17) is 20.5 Å². The number of aromatic nitrogens is 2. The Bertz CT molecular complexity index is 1990. The second kappa shape index (κ2) is 17.3. The molecule has 4 aromatic heterocycles. The first-order chi connectivity index (χ1) is 25.5. The molecule has 0 unspecified atom stereocenters. The van der Waals surface area contributed by atoms with E-state index in [9.17, 15) is 9.59 Å². The number of carbonyl (C=O) groups is 2. The van der Waals surface area contributed by atoms with Crippen molar-refractivity contribution in [2.24, 2.45) is 0 Å². The van der Waals surface area contributed by atoms with Gasteiger partial charge in [-0.05, 0) is 59.3 Å². The summed E-state index contributed by atoms with van der Waals surface area (Å²) in [5, 5.41) is 21.6. The number of thiophene rings is 2. The topological polar surface area (TPSA) is 157 Å². The zero-order valence-electron chi connectivity index (χ0n) is 27.5. The summed E-state index contributed by atoms with van der Waals surface area (Å²) in [5.41, 5.74) is 7.69. The third-order valence-electron chi connectivity index (χ3n) is 7.38. The fraction of sp³-hybridized carbons (Fsp3) is 0.0526. The standard InChI is InChI=1S/C38H32N8O4S2/c39-37(45(29-13-3-1-4-14-29)35-27(11-7-21-41-35)25-31-17-9-23-51-31)43-49-33(47)19-20-34(48)50-44-38(40)46(30-15-5-2-6-16-30)36-28(12-8-22-42-36)26-32-18-10-24-52-32/h1-24H,25-26H2,(H2,39,43)(H2,40,44)/b20-19-. The largest absolute Gasteiger partial charge is 0.356 e. The van der Waals surface area contributed by atoms with E-state index in [1.54, 1.807) is 59.3 Å². The maximum Gasteiger partial charge on any atom is 0.356 e. The summed E-state index contributed by atoms with van der Waals surface area (Å²) >= 11 is 3.24. The van der Waals surface area contributed by atoms with Crippen molar-refractivity contribution < 1.29 is 19.3 Å². The molecule has 12 nitrogen and oxygen atoms in total. The molecule has 0 fully saturated rings. The molecule has 0 saturated heterocycles. The summed E-state index contributed by atoms with van der Waals surface area (Å²) in [5.74, 6) is -1.55. The Morgan fingerprint density at radius 1 is 0.596 bits per heavy atom. The average Bonchev–Trinajstić information content (AvgIpc) is 3.90. The van der Waals surface area contributed by atoms with Crippen LogP contribution in [-0.2, 0) is 32.1 Å². The van der Waals surface area contributed by atoms with Crippen molar-refractivity contribution in [3.05, 3.63) is 165 Å². The molecule has 52 heavy (non-hydrogen) atoms. The average molecular weight is 729 g/mol. The molecule has 0 aliphatic carbocycles. The highest BCUT2D eigenvalue weighted by molar-refractivity contribution is 7.10. The van der Waals surface area contributed by atoms with Crippen molar-refractivity contribution >= 4 is 69.5 Å². The van der Waals surface area contributed by atoms with Gasteiger partial charge in [-0.2, -0.15) is 11.0 Å². The van der Waals surface area contributed by atoms with Crippen LogP contribution in [0.5, 0.6) is 0 Å². The number of benzene rings is 2. The van der Waals surface area contributed by atoms with E-state index < -0.39 is 11.9 Å². The van der Waals surface area contributed by atoms with Crippen molar-refractivity contribution in [3.63, 3.8) is 0 Å². The quantitative estimate of drug-likeness (QED) is 0.0489. The Labute approximate surface area is 307 Å². The van der Waals surface area contributed by atoms with Gasteiger partial charge in [0.2, 0.25) is 11.9 Å². The van der Waals surface area contributed by atoms with Gasteiger partial charge >= 0.3 is 11.9 Å². The summed E-state index contributed by atoms with van der Waals surface area (Å²) in [6.07, 6.45) is 6.13. The van der Waals surface area contributed by atoms with Crippen LogP contribution in [0, 0.1) is 10.8 Å². The lowest BCUT2D eigenvalue weighted by Gasteiger charge is -2.26. The van der Waals surface area contributed by atoms with Gasteiger partial charge in [-0.25, -0.2) is 19.6 Å². The molecule has 6 rings (SSSR count). The molecule has 0 saturated carbocycles. The summed E-state index contributed by atoms with van der Waals surface area (Å²) in [4.78, 5) is 49.9. The van der Waals surface area contributed by atoms with Gasteiger partial charge in [-0.3, -0.25) is 20.6 Å². The number of pyridine rings is 2. The van der Waals surface area contributed by atoms with Crippen LogP contribution >= 0.6 is 22.7 Å². The summed E-state index contributed by atoms with van der Waals surface area (Å²) in [7, 11) is 0. The van der Waals surface area contributed by atoms with E-state index in [2.05, 4.69) is 20.9 Å². The molecule has 0 spiro atoms. The molecule has 0 amide bonds. The minimum absolute atomic E-state index is 0.286. The maximum atomic E-state index is 12.6. The maximum absolute atomic E-state index is 12.6. The molecule has 0 aliphatic heterocycles. The number of rotatable bonds is 10. The fourth-order valence-corrected chi connectivity index (χ4v) is 6.56. The number of hydrogen-bond acceptors (Lipinski definition) is 10. The van der Waals surface area contributed by atoms with Gasteiger partial charge in [0.25, 0.3) is 0 Å². The minimum atomic E-state index is -0.970. The Morgan fingerprint density at radius 3 is 1.40 bits per heavy atom. The first-order valence-electron chi connectivity index (χ1n) is 15.9. The fourth-order valence-electron chi connectivity index (χ4n) is 5.10. The van der Waals surface area contributed by atoms with Gasteiger partial charge in [-0.15, -0.1) is 22.7 Å². The van der Waals surface area contributed by atoms with E-state index in [0.717, 1.165) is 33.0 Å². The molecule has 6 aromatic rings. The number of hydroxylamine groups is 2. The number of nitrogens with zero attached hydrogens (tertiary/aromatic N) is 4. The SMILES string of the molecule is N=C(NOC(=O)/C=C\C(=O)ONC(=N)N(c1ccccc1)c1ncccc1Cc1cccs1)N(c1ccccc1)c1ncccc1Cc1cccs1. The third-order valence-corrected chi connectivity index (χ3v) is 9.13. The van der Waals surface area contributed by atoms with Gasteiger partial charge in [0, 0.05) is 58.3 Å². The first-order valence-corrected chi connectivity index (χ1v) is 17.6. The summed E-state index contributed by atoms with van der Waals surface area (Å²) < 4.78 is 0. The predicted octanol–water partition coefficient (Wildman–Crippen LogP) is 7.28. The molecule has 0 bridgehead atoms. The highest BCUT2D eigenvalue weighted by atomic mass is 32.1. The molecule has 4 heterocycles. The lowest BCUT2D eigenvalue weighted by Crippen LogP contribution is -2.40. The Morgan fingerprint density at radius 2 is 1.02 bits per heavy atom. The van der Waals surface area contributed by atoms with Crippen LogP contribution in [-0.4, -0.2) is 33.8 Å². The molecule has 0 aliphatic rings. The van der Waals surface area contributed by atoms with Crippen molar-refractivity contribution in [1.82, 2.24) is 20.9 Å². The van der Waals surface area contributed by atoms with Gasteiger partial charge in [0.05, 0.1) is 11.4 Å². The van der Waals surface area contributed by atoms with Gasteiger partial charge in [-0.1, -0.05) is 60.7 Å². The van der Waals surface area contributed by atoms with Crippen LogP contribution in [0.25, 0.3) is 0 Å². The van der Waals surface area contributed by atoms with E-state index in [1.807, 2.05) is 95.7 Å². The van der Waals surface area contributed by atoms with Crippen LogP contribution < -0.4 is 20.8 Å². The number of nitrogens with one attached hydrogen (secondary N) is 4. The predicted molar refractivity (Wildman–Crippen MR) is 203 cm³/mol. The molecule has 260 valence electrons. The van der Waals surface area contributed by atoms with Crippen LogP contribution in [0.2, 0.25) is 0 Å². The minimum Gasteiger partial charge on any atom is -0.336 e. The molecular weight excluding hydrogens is 697 g/mol. The summed E-state index contributed by atoms with van der Waals surface area (Å²) in [6.45, 7) is 0. The van der Waals surface area contributed by atoms with E-state index >= 15 is 0 Å². The zero-order valence-corrected chi connectivity index (χ0v) is 29.1. The van der Waals surface area contributed by atoms with Crippen LogP contribution in [0.15, 0.2) is 145 Å². The van der Waals surface area contributed by atoms with E-state index in [1.165, 1.54) is 9.80 Å². The van der Waals surface area contributed by atoms with Crippen LogP contribution in [0.4, 0.5) is 23.0 Å². The molecule has 2 aromatic carbocycles. The van der Waals surface area contributed by atoms with Gasteiger partial charge in [0.1, 0.15) is 11.6 Å². The van der Waals surface area contributed by atoms with Gasteiger partial charge < -0.3 is 9.68 Å². The van der Waals surface area contributed by atoms with Gasteiger partial charge in [0.15, 0.2) is 0 Å². The molecule has 0 radical (unpaired) electrons. The number of guanidine groups is 2. The zero-order chi connectivity index (χ0) is 36.1. The molecule has 14 heteroatoms. The molecule has 4 N–H and O–H groups in total. The number of hydrogen-bond donors (Lipinski definition) is 4. The second-order valence-electron chi connectivity index (χ2n) is 10.9. The van der Waals surface area contributed by atoms with E-state index in [-0.39, 0.29) is 11.9 Å². The van der Waals surface area contributed by atoms with Crippen LogP contribution in [0.3, 0.4) is 0 Å². The van der Waals surface area contributed by atoms with Crippen LogP contribution in [0.1, 0.15) is 20.9 Å². The van der Waals surface area contributed by atoms with Crippen molar-refractivity contribution in [1.29, 1.82) is 10.8 Å². The van der Waals surface area contributed by atoms with Crippen molar-refractivity contribution in [2.75, 3.05) is 9.80 Å². The third kappa shape index (κ3) is 9.12. The normalized spacial score (nSPS) is 10.7. The molecular formula is C38H32N8O4S2. The smallest absolute Gasteiger partial charge is 0.336 e. The van der Waals surface area contributed by atoms with Crippen molar-refractivity contribution in [3.8, 4) is 0 Å². The Hall–Kier alpha value is -6.64. The summed E-state index contributed by atoms with van der Waals surface area (Å²) in [6, 6.07) is 33.7. The highest BCUT2D eigenvalue weighted by Gasteiger charge is 2.22. The number of carbonyl (C=O) groups excluding carboxylic acids is 2. The number of anilines is 4. The molecule has 0 atom stereocenters. The Kier molecular flexibility index (Phi) is 11.7. The monoisotopic (exact) mass is 728 g/mol. The lowest BCUT2D eigenvalue weighted by molar-refractivity contribution is -0.144. The first kappa shape index (κ1) is 35.2. The number of para-hydroxylation sites is 2. The Balaban J connectivity index is 1.09.